The highest BCUT2D eigenvalue weighted by Crippen LogP contribution is 2.34. The summed E-state index contributed by atoms with van der Waals surface area (Å²) in [7, 11) is 0. The molecule has 0 amide bonds. The number of fused-ring (bicyclic) bond motifs is 1. The topological polar surface area (TPSA) is 118 Å². The minimum absolute atomic E-state index is 0.0546. The third kappa shape index (κ3) is 3.59. The largest absolute Gasteiger partial charge is 0.386 e. The third-order valence-electron chi connectivity index (χ3n) is 3.99. The van der Waals surface area contributed by atoms with Gasteiger partial charge in [-0.25, -0.2) is 15.0 Å². The lowest BCUT2D eigenvalue weighted by Crippen LogP contribution is -2.38. The Labute approximate surface area is 146 Å². The van der Waals surface area contributed by atoms with Crippen LogP contribution >= 0.6 is 0 Å². The highest BCUT2D eigenvalue weighted by atomic mass is 16.6. The van der Waals surface area contributed by atoms with Crippen LogP contribution in [-0.4, -0.2) is 61.8 Å². The van der Waals surface area contributed by atoms with E-state index in [1.165, 1.54) is 6.33 Å². The first-order valence-electron chi connectivity index (χ1n) is 8.42. The van der Waals surface area contributed by atoms with Crippen LogP contribution in [0.1, 0.15) is 33.9 Å². The molecule has 2 aromatic heterocycles. The van der Waals surface area contributed by atoms with Gasteiger partial charge in [0.25, 0.3) is 0 Å². The van der Waals surface area contributed by atoms with Gasteiger partial charge in [0.1, 0.15) is 30.2 Å². The number of anilines is 1. The number of hydrogen-bond acceptors (Lipinski definition) is 8. The van der Waals surface area contributed by atoms with E-state index in [4.69, 9.17) is 19.9 Å². The van der Waals surface area contributed by atoms with Gasteiger partial charge in [0.2, 0.25) is 0 Å². The van der Waals surface area contributed by atoms with E-state index in [0.717, 1.165) is 0 Å². The van der Waals surface area contributed by atoms with Gasteiger partial charge < -0.3 is 25.1 Å². The van der Waals surface area contributed by atoms with Crippen molar-refractivity contribution < 1.29 is 19.3 Å². The Morgan fingerprint density at radius 2 is 2.00 bits per heavy atom. The first kappa shape index (κ1) is 18.0. The van der Waals surface area contributed by atoms with Crippen LogP contribution in [0.4, 0.5) is 5.82 Å². The summed E-state index contributed by atoms with van der Waals surface area (Å²) in [6.45, 7) is 8.06. The van der Waals surface area contributed by atoms with Crippen LogP contribution in [0, 0.1) is 0 Å². The van der Waals surface area contributed by atoms with Crippen molar-refractivity contribution in [1.82, 2.24) is 19.5 Å². The number of nitrogen functional groups attached to an aromatic ring is 1. The Bertz CT molecular complexity index is 720. The monoisotopic (exact) mass is 351 g/mol. The smallest absolute Gasteiger partial charge is 0.167 e. The van der Waals surface area contributed by atoms with Crippen LogP contribution in [-0.2, 0) is 14.2 Å². The lowest BCUT2D eigenvalue weighted by Gasteiger charge is -2.23. The minimum atomic E-state index is -0.892. The molecule has 138 valence electrons. The summed E-state index contributed by atoms with van der Waals surface area (Å²) in [6.07, 6.45) is 0.407. The molecule has 9 heteroatoms. The van der Waals surface area contributed by atoms with Crippen LogP contribution in [0.5, 0.6) is 0 Å². The van der Waals surface area contributed by atoms with Gasteiger partial charge in [0.05, 0.1) is 25.1 Å². The number of aromatic nitrogens is 4. The van der Waals surface area contributed by atoms with Crippen LogP contribution in [0.3, 0.4) is 0 Å². The van der Waals surface area contributed by atoms with E-state index in [9.17, 15) is 5.11 Å². The number of hydrogen-bond donors (Lipinski definition) is 2. The molecule has 0 aromatic carbocycles. The van der Waals surface area contributed by atoms with Crippen molar-refractivity contribution >= 4 is 17.0 Å². The summed E-state index contributed by atoms with van der Waals surface area (Å²) < 4.78 is 19.3. The van der Waals surface area contributed by atoms with Gasteiger partial charge in [-0.1, -0.05) is 0 Å². The maximum atomic E-state index is 10.8. The van der Waals surface area contributed by atoms with Gasteiger partial charge in [0.15, 0.2) is 17.7 Å². The molecule has 3 N–H and O–H groups in total. The molecule has 0 radical (unpaired) electrons. The number of ether oxygens (including phenoxy) is 3. The molecule has 1 aliphatic heterocycles. The zero-order valence-electron chi connectivity index (χ0n) is 14.9. The predicted octanol–water partition coefficient (Wildman–Crippen LogP) is 0.885. The molecule has 0 spiro atoms. The van der Waals surface area contributed by atoms with Crippen molar-refractivity contribution in [3.8, 4) is 0 Å². The average molecular weight is 351 g/mol. The molecular weight excluding hydrogens is 326 g/mol. The second kappa shape index (κ2) is 7.20. The molecule has 0 saturated carbocycles. The third-order valence-corrected chi connectivity index (χ3v) is 3.99. The fourth-order valence-corrected chi connectivity index (χ4v) is 2.91. The number of nitrogens with zero attached hydrogens (tertiary/aromatic N) is 4. The van der Waals surface area contributed by atoms with Crippen LogP contribution in [0.15, 0.2) is 12.7 Å². The average Bonchev–Trinajstić information content (AvgIpc) is 3.09. The number of aliphatic hydroxyl groups excluding tert-OH is 1. The van der Waals surface area contributed by atoms with Crippen molar-refractivity contribution in [2.24, 2.45) is 0 Å². The summed E-state index contributed by atoms with van der Waals surface area (Å²) in [6, 6.07) is 0. The van der Waals surface area contributed by atoms with E-state index in [1.54, 1.807) is 10.9 Å². The molecule has 0 aliphatic carbocycles. The predicted molar refractivity (Wildman–Crippen MR) is 90.7 cm³/mol. The molecule has 1 saturated heterocycles. The molecule has 0 bridgehead atoms. The minimum Gasteiger partial charge on any atom is -0.386 e. The number of nitrogens with two attached hydrogens (primary N) is 1. The Morgan fingerprint density at radius 3 is 2.68 bits per heavy atom. The van der Waals surface area contributed by atoms with Crippen molar-refractivity contribution in [3.05, 3.63) is 12.7 Å². The first-order chi connectivity index (χ1) is 11.9. The van der Waals surface area contributed by atoms with E-state index in [0.29, 0.717) is 17.8 Å². The van der Waals surface area contributed by atoms with E-state index >= 15 is 0 Å². The maximum absolute atomic E-state index is 10.8. The van der Waals surface area contributed by atoms with Crippen LogP contribution in [0.2, 0.25) is 0 Å². The number of aliphatic hydroxyl groups is 1. The Hall–Kier alpha value is -1.81. The van der Waals surface area contributed by atoms with E-state index in [-0.39, 0.29) is 18.0 Å². The molecule has 2 aromatic rings. The maximum Gasteiger partial charge on any atom is 0.167 e. The summed E-state index contributed by atoms with van der Waals surface area (Å²) in [4.78, 5) is 12.4. The Kier molecular flexibility index (Phi) is 5.19. The summed E-state index contributed by atoms with van der Waals surface area (Å²) >= 11 is 0. The van der Waals surface area contributed by atoms with Crippen LogP contribution < -0.4 is 5.73 Å². The van der Waals surface area contributed by atoms with Gasteiger partial charge >= 0.3 is 0 Å². The molecule has 3 rings (SSSR count). The van der Waals surface area contributed by atoms with E-state index < -0.39 is 24.5 Å². The van der Waals surface area contributed by atoms with Crippen LogP contribution in [0.25, 0.3) is 11.2 Å². The number of imidazole rings is 1. The van der Waals surface area contributed by atoms with Crippen molar-refractivity contribution in [1.29, 1.82) is 0 Å². The normalized spacial score (nSPS) is 27.0. The van der Waals surface area contributed by atoms with Gasteiger partial charge in [-0.2, -0.15) is 0 Å². The van der Waals surface area contributed by atoms with Gasteiger partial charge in [-0.05, 0) is 27.7 Å². The zero-order chi connectivity index (χ0) is 18.1. The van der Waals surface area contributed by atoms with E-state index in [1.807, 2.05) is 27.7 Å². The molecule has 1 aliphatic rings. The zero-order valence-corrected chi connectivity index (χ0v) is 14.9. The fourth-order valence-electron chi connectivity index (χ4n) is 2.91. The SMILES string of the molecule is CC(C)OCC1OC(n2cnc3c(N)ncnc32)[C@H](O)[C@@H]1OC(C)C. The molecule has 1 fully saturated rings. The molecule has 9 nitrogen and oxygen atoms in total. The quantitative estimate of drug-likeness (QED) is 0.788. The summed E-state index contributed by atoms with van der Waals surface area (Å²) in [5.41, 5.74) is 6.81. The van der Waals surface area contributed by atoms with Crippen molar-refractivity contribution in [2.75, 3.05) is 12.3 Å². The lowest BCUT2D eigenvalue weighted by atomic mass is 10.1. The molecule has 3 heterocycles. The molecule has 4 atom stereocenters. The Morgan fingerprint density at radius 1 is 1.24 bits per heavy atom. The molecular formula is C16H25N5O4. The van der Waals surface area contributed by atoms with Gasteiger partial charge in [0, 0.05) is 0 Å². The summed E-state index contributed by atoms with van der Waals surface area (Å²) in [5.74, 6) is 0.283. The lowest BCUT2D eigenvalue weighted by molar-refractivity contribution is -0.0973. The first-order valence-corrected chi connectivity index (χ1v) is 8.42. The second-order valence-electron chi connectivity index (χ2n) is 6.67. The van der Waals surface area contributed by atoms with E-state index in [2.05, 4.69) is 15.0 Å². The molecule has 25 heavy (non-hydrogen) atoms. The fraction of sp³-hybridized carbons (Fsp3) is 0.688. The van der Waals surface area contributed by atoms with Gasteiger partial charge in [-0.15, -0.1) is 0 Å². The summed E-state index contributed by atoms with van der Waals surface area (Å²) in [5, 5.41) is 10.8. The Balaban J connectivity index is 1.89. The molecule has 2 unspecified atom stereocenters. The highest BCUT2D eigenvalue weighted by molar-refractivity contribution is 5.81. The van der Waals surface area contributed by atoms with Crippen molar-refractivity contribution in [3.63, 3.8) is 0 Å². The van der Waals surface area contributed by atoms with Crippen molar-refractivity contribution in [2.45, 2.75) is 64.4 Å². The highest BCUT2D eigenvalue weighted by Gasteiger charge is 2.46. The standard InChI is InChI=1S/C16H25N5O4/c1-8(2)23-5-10-13(24-9(3)4)12(22)16(25-10)21-7-20-11-14(17)18-6-19-15(11)21/h6-10,12-13,16,22H,5H2,1-4H3,(H2,17,18,19)/t10?,12-,13-,16?/m1/s1. The van der Waals surface area contributed by atoms with Gasteiger partial charge in [-0.3, -0.25) is 4.57 Å². The second-order valence-corrected chi connectivity index (χ2v) is 6.67. The number of rotatable bonds is 6.